The maximum absolute atomic E-state index is 14.0. The molecule has 1 aliphatic heterocycles. The van der Waals surface area contributed by atoms with Crippen LogP contribution >= 0.6 is 0 Å². The fraction of sp³-hybridized carbons (Fsp3) is 0.259. The van der Waals surface area contributed by atoms with Gasteiger partial charge in [0, 0.05) is 11.3 Å². The summed E-state index contributed by atoms with van der Waals surface area (Å²) >= 11 is 0. The number of nitrogens with zero attached hydrogens (tertiary/aromatic N) is 1. The number of carbonyl (C=O) groups excluding carboxylic acids is 2. The molecule has 3 aromatic carbocycles. The van der Waals surface area contributed by atoms with Crippen molar-refractivity contribution in [2.75, 3.05) is 12.0 Å². The van der Waals surface area contributed by atoms with E-state index >= 15 is 0 Å². The van der Waals surface area contributed by atoms with Gasteiger partial charge in [0.1, 0.15) is 5.75 Å². The summed E-state index contributed by atoms with van der Waals surface area (Å²) in [5.41, 5.74) is 4.81. The standard InChI is InChI=1S/C27H23NO3/c1-3-27-18-12-6-4-10-16(18)22(17-11-5-7-13-19(17)27)23-24(27)26(30)28(25(23)29)20-14-8-9-15-21(20)31-2/h4-15,22-24H,3H2,1-2H3. The normalized spacial score (nSPS) is 27.7. The minimum Gasteiger partial charge on any atom is -0.495 e. The molecule has 1 heterocycles. The molecule has 4 heteroatoms. The molecule has 4 aliphatic rings. The van der Waals surface area contributed by atoms with Gasteiger partial charge in [-0.05, 0) is 40.8 Å². The number of methoxy groups -OCH3 is 1. The number of benzene rings is 3. The third-order valence-corrected chi connectivity index (χ3v) is 7.68. The molecule has 2 atom stereocenters. The lowest BCUT2D eigenvalue weighted by atomic mass is 9.46. The molecule has 3 aliphatic carbocycles. The molecule has 1 saturated heterocycles. The van der Waals surface area contributed by atoms with E-state index in [1.807, 2.05) is 36.4 Å². The molecular weight excluding hydrogens is 386 g/mol. The smallest absolute Gasteiger partial charge is 0.239 e. The molecular formula is C27H23NO3. The van der Waals surface area contributed by atoms with Crippen LogP contribution in [0, 0.1) is 11.8 Å². The van der Waals surface area contributed by atoms with Crippen LogP contribution in [0.1, 0.15) is 41.5 Å². The first kappa shape index (κ1) is 18.4. The van der Waals surface area contributed by atoms with E-state index in [1.165, 1.54) is 27.2 Å². The summed E-state index contributed by atoms with van der Waals surface area (Å²) < 4.78 is 5.51. The van der Waals surface area contributed by atoms with E-state index in [4.69, 9.17) is 4.74 Å². The Morgan fingerprint density at radius 1 is 0.839 bits per heavy atom. The minimum absolute atomic E-state index is 0.109. The van der Waals surface area contributed by atoms with Crippen molar-refractivity contribution in [3.8, 4) is 5.75 Å². The highest BCUT2D eigenvalue weighted by atomic mass is 16.5. The summed E-state index contributed by atoms with van der Waals surface area (Å²) in [7, 11) is 1.57. The van der Waals surface area contributed by atoms with Gasteiger partial charge in [0.25, 0.3) is 0 Å². The quantitative estimate of drug-likeness (QED) is 0.592. The zero-order valence-corrected chi connectivity index (χ0v) is 17.5. The van der Waals surface area contributed by atoms with E-state index in [-0.39, 0.29) is 17.7 Å². The van der Waals surface area contributed by atoms with Crippen molar-refractivity contribution in [3.05, 3.63) is 95.1 Å². The average molecular weight is 409 g/mol. The number of carbonyl (C=O) groups is 2. The molecule has 154 valence electrons. The molecule has 2 bridgehead atoms. The molecule has 3 aromatic rings. The summed E-state index contributed by atoms with van der Waals surface area (Å²) in [6, 6.07) is 24.1. The predicted molar refractivity (Wildman–Crippen MR) is 118 cm³/mol. The Labute approximate surface area is 181 Å². The van der Waals surface area contributed by atoms with Crippen LogP contribution in [0.2, 0.25) is 0 Å². The van der Waals surface area contributed by atoms with Crippen LogP contribution in [0.25, 0.3) is 0 Å². The summed E-state index contributed by atoms with van der Waals surface area (Å²) in [6.07, 6.45) is 0.758. The van der Waals surface area contributed by atoms with Crippen LogP contribution in [-0.2, 0) is 15.0 Å². The monoisotopic (exact) mass is 409 g/mol. The Kier molecular flexibility index (Phi) is 3.73. The molecule has 0 spiro atoms. The van der Waals surface area contributed by atoms with Gasteiger partial charge in [0.05, 0.1) is 24.6 Å². The average Bonchev–Trinajstić information content (AvgIpc) is 3.09. The molecule has 0 saturated carbocycles. The maximum atomic E-state index is 14.0. The lowest BCUT2D eigenvalue weighted by Gasteiger charge is -2.54. The lowest BCUT2D eigenvalue weighted by molar-refractivity contribution is -0.123. The first-order valence-corrected chi connectivity index (χ1v) is 10.8. The van der Waals surface area contributed by atoms with Crippen molar-refractivity contribution < 1.29 is 14.3 Å². The van der Waals surface area contributed by atoms with E-state index in [1.54, 1.807) is 19.2 Å². The Morgan fingerprint density at radius 2 is 1.42 bits per heavy atom. The molecule has 2 amide bonds. The van der Waals surface area contributed by atoms with Gasteiger partial charge >= 0.3 is 0 Å². The van der Waals surface area contributed by atoms with Crippen LogP contribution < -0.4 is 9.64 Å². The third kappa shape index (κ3) is 2.05. The second-order valence-corrected chi connectivity index (χ2v) is 8.66. The SMILES string of the molecule is CCC12c3ccccc3C(c3ccccc31)C1C(=O)N(c3ccccc3OC)C(=O)C12. The minimum atomic E-state index is -0.504. The van der Waals surface area contributed by atoms with Gasteiger partial charge in [-0.15, -0.1) is 0 Å². The number of imide groups is 1. The first-order valence-electron chi connectivity index (χ1n) is 10.8. The van der Waals surface area contributed by atoms with E-state index < -0.39 is 17.3 Å². The van der Waals surface area contributed by atoms with Gasteiger partial charge in [0.2, 0.25) is 11.8 Å². The second-order valence-electron chi connectivity index (χ2n) is 8.66. The van der Waals surface area contributed by atoms with Crippen molar-refractivity contribution in [1.82, 2.24) is 0 Å². The zero-order chi connectivity index (χ0) is 21.3. The summed E-state index contributed by atoms with van der Waals surface area (Å²) in [4.78, 5) is 29.4. The molecule has 0 aromatic heterocycles. The number of rotatable bonds is 3. The molecule has 1 fully saturated rings. The number of para-hydroxylation sites is 2. The zero-order valence-electron chi connectivity index (χ0n) is 17.5. The van der Waals surface area contributed by atoms with Crippen molar-refractivity contribution in [2.24, 2.45) is 11.8 Å². The molecule has 4 nitrogen and oxygen atoms in total. The van der Waals surface area contributed by atoms with Gasteiger partial charge in [-0.1, -0.05) is 67.6 Å². The third-order valence-electron chi connectivity index (χ3n) is 7.68. The number of ether oxygens (including phenoxy) is 1. The Balaban J connectivity index is 1.64. The molecule has 0 radical (unpaired) electrons. The maximum Gasteiger partial charge on any atom is 0.239 e. The lowest BCUT2D eigenvalue weighted by Crippen LogP contribution is -2.53. The number of hydrogen-bond acceptors (Lipinski definition) is 3. The highest BCUT2D eigenvalue weighted by Gasteiger charge is 2.67. The van der Waals surface area contributed by atoms with Gasteiger partial charge in [0.15, 0.2) is 0 Å². The van der Waals surface area contributed by atoms with Crippen LogP contribution in [-0.4, -0.2) is 18.9 Å². The Bertz CT molecular complexity index is 1200. The van der Waals surface area contributed by atoms with Crippen LogP contribution in [0.3, 0.4) is 0 Å². The fourth-order valence-corrected chi connectivity index (χ4v) is 6.58. The highest BCUT2D eigenvalue weighted by molar-refractivity contribution is 6.24. The number of hydrogen-bond donors (Lipinski definition) is 0. The summed E-state index contributed by atoms with van der Waals surface area (Å²) in [5.74, 6) is -0.619. The summed E-state index contributed by atoms with van der Waals surface area (Å²) in [5, 5.41) is 0. The Hall–Kier alpha value is -3.40. The van der Waals surface area contributed by atoms with Gasteiger partial charge in [-0.2, -0.15) is 0 Å². The van der Waals surface area contributed by atoms with E-state index in [9.17, 15) is 9.59 Å². The van der Waals surface area contributed by atoms with E-state index in [0.717, 1.165) is 6.42 Å². The predicted octanol–water partition coefficient (Wildman–Crippen LogP) is 4.66. The van der Waals surface area contributed by atoms with Crippen molar-refractivity contribution in [1.29, 1.82) is 0 Å². The van der Waals surface area contributed by atoms with Crippen LogP contribution in [0.4, 0.5) is 5.69 Å². The molecule has 0 N–H and O–H groups in total. The highest BCUT2D eigenvalue weighted by Crippen LogP contribution is 2.65. The first-order chi connectivity index (χ1) is 15.1. The van der Waals surface area contributed by atoms with Crippen LogP contribution in [0.5, 0.6) is 5.75 Å². The van der Waals surface area contributed by atoms with Gasteiger partial charge in [-0.3, -0.25) is 9.59 Å². The largest absolute Gasteiger partial charge is 0.495 e. The summed E-state index contributed by atoms with van der Waals surface area (Å²) in [6.45, 7) is 2.14. The van der Waals surface area contributed by atoms with Crippen LogP contribution in [0.15, 0.2) is 72.8 Å². The molecule has 7 rings (SSSR count). The number of amides is 2. The van der Waals surface area contributed by atoms with Crippen molar-refractivity contribution in [3.63, 3.8) is 0 Å². The van der Waals surface area contributed by atoms with Crippen molar-refractivity contribution in [2.45, 2.75) is 24.7 Å². The Morgan fingerprint density at radius 3 is 2.03 bits per heavy atom. The molecule has 31 heavy (non-hydrogen) atoms. The van der Waals surface area contributed by atoms with Crippen molar-refractivity contribution >= 4 is 17.5 Å². The van der Waals surface area contributed by atoms with Gasteiger partial charge in [-0.25, -0.2) is 4.90 Å². The number of anilines is 1. The fourth-order valence-electron chi connectivity index (χ4n) is 6.58. The van der Waals surface area contributed by atoms with E-state index in [2.05, 4.69) is 31.2 Å². The van der Waals surface area contributed by atoms with Gasteiger partial charge < -0.3 is 4.74 Å². The topological polar surface area (TPSA) is 46.6 Å². The molecule has 2 unspecified atom stereocenters. The second kappa shape index (κ2) is 6.30. The van der Waals surface area contributed by atoms with E-state index in [0.29, 0.717) is 11.4 Å².